The second-order valence-electron chi connectivity index (χ2n) is 3.03. The van der Waals surface area contributed by atoms with Gasteiger partial charge in [0.2, 0.25) is 0 Å². The summed E-state index contributed by atoms with van der Waals surface area (Å²) in [6, 6.07) is 0. The van der Waals surface area contributed by atoms with Gasteiger partial charge in [0, 0.05) is 0 Å². The van der Waals surface area contributed by atoms with Crippen LogP contribution in [0.1, 0.15) is 46.0 Å². The number of carbonyl (C=O) groups is 1. The first kappa shape index (κ1) is 13.2. The molecule has 1 nitrogen and oxygen atoms in total. The first-order valence-corrected chi connectivity index (χ1v) is 8.08. The van der Waals surface area contributed by atoms with Crippen molar-refractivity contribution in [3.63, 3.8) is 0 Å². The van der Waals surface area contributed by atoms with E-state index in [9.17, 15) is 4.79 Å². The Bertz CT molecular complexity index is 152. The molecule has 0 saturated carbocycles. The van der Waals surface area contributed by atoms with Crippen LogP contribution in [0.4, 0.5) is 0 Å². The Balaban J connectivity index is 3.17. The molecule has 0 aromatic carbocycles. The number of rotatable bonds is 8. The molecule has 2 heteroatoms. The number of hydrogen-bond donors (Lipinski definition) is 0. The summed E-state index contributed by atoms with van der Waals surface area (Å²) >= 11 is 0.129. The van der Waals surface area contributed by atoms with E-state index in [0.717, 1.165) is 12.8 Å². The monoisotopic (exact) mass is 298 g/mol. The van der Waals surface area contributed by atoms with E-state index in [4.69, 9.17) is 0 Å². The molecule has 0 amide bonds. The van der Waals surface area contributed by atoms with Crippen LogP contribution in [0.5, 0.6) is 0 Å². The molecule has 0 bridgehead atoms. The van der Waals surface area contributed by atoms with Crippen LogP contribution in [0, 0.1) is 0 Å². The Kier molecular flexibility index (Phi) is 10.4. The summed E-state index contributed by atoms with van der Waals surface area (Å²) in [5.41, 5.74) is 0. The first-order valence-electron chi connectivity index (χ1n) is 5.09. The molecule has 0 unspecified atom stereocenters. The molecule has 0 spiro atoms. The van der Waals surface area contributed by atoms with Gasteiger partial charge >= 0.3 is 92.1 Å². The third-order valence-electron chi connectivity index (χ3n) is 1.79. The Morgan fingerprint density at radius 2 is 2.15 bits per heavy atom. The van der Waals surface area contributed by atoms with Crippen LogP contribution in [0.15, 0.2) is 10.2 Å². The molecule has 0 radical (unpaired) electrons. The van der Waals surface area contributed by atoms with Crippen molar-refractivity contribution in [3.05, 3.63) is 10.2 Å². The van der Waals surface area contributed by atoms with Gasteiger partial charge in [0.15, 0.2) is 0 Å². The maximum absolute atomic E-state index is 10.9. The third kappa shape index (κ3) is 10.1. The Morgan fingerprint density at radius 1 is 1.38 bits per heavy atom. The van der Waals surface area contributed by atoms with Crippen LogP contribution < -0.4 is 0 Å². The molecule has 0 rings (SSSR count). The topological polar surface area (TPSA) is 17.1 Å². The predicted octanol–water partition coefficient (Wildman–Crippen LogP) is 3.18. The van der Waals surface area contributed by atoms with E-state index in [1.807, 2.05) is 6.92 Å². The summed E-state index contributed by atoms with van der Waals surface area (Å²) in [5, 5.41) is 0. The Labute approximate surface area is 92.1 Å². The van der Waals surface area contributed by atoms with E-state index in [1.165, 1.54) is 17.3 Å². The number of unbranched alkanes of at least 4 members (excludes halogenated alkanes) is 1. The molecular formula is C11H20OTe. The van der Waals surface area contributed by atoms with Crippen molar-refractivity contribution in [2.75, 3.05) is 0 Å². The van der Waals surface area contributed by atoms with Crippen molar-refractivity contribution >= 4 is 26.7 Å². The van der Waals surface area contributed by atoms with Crippen LogP contribution in [0.2, 0.25) is 4.47 Å². The summed E-state index contributed by atoms with van der Waals surface area (Å²) < 4.78 is 3.75. The van der Waals surface area contributed by atoms with E-state index < -0.39 is 0 Å². The van der Waals surface area contributed by atoms with E-state index >= 15 is 0 Å². The molecule has 0 aliphatic carbocycles. The summed E-state index contributed by atoms with van der Waals surface area (Å²) in [4.78, 5) is 10.9. The molecule has 0 aromatic rings. The first-order chi connectivity index (χ1) is 6.31. The number of hydrogen-bond acceptors (Lipinski definition) is 1. The number of ketones is 1. The fraction of sp³-hybridized carbons (Fsp3) is 0.727. The molecule has 0 N–H and O–H groups in total. The van der Waals surface area contributed by atoms with Gasteiger partial charge in [-0.3, -0.25) is 0 Å². The van der Waals surface area contributed by atoms with Crippen molar-refractivity contribution < 1.29 is 4.79 Å². The molecule has 0 heterocycles. The fourth-order valence-electron chi connectivity index (χ4n) is 0.853. The second kappa shape index (κ2) is 10.3. The molecule has 0 aliphatic heterocycles. The van der Waals surface area contributed by atoms with Gasteiger partial charge in [-0.2, -0.15) is 0 Å². The zero-order valence-electron chi connectivity index (χ0n) is 8.71. The SMILES string of the molecule is CCCC[Te]/C=C\CCC(=O)CC. The van der Waals surface area contributed by atoms with Gasteiger partial charge in [-0.15, -0.1) is 0 Å². The third-order valence-corrected chi connectivity index (χ3v) is 4.39. The van der Waals surface area contributed by atoms with Crippen molar-refractivity contribution in [2.24, 2.45) is 0 Å². The minimum atomic E-state index is 0.129. The van der Waals surface area contributed by atoms with Crippen molar-refractivity contribution in [1.29, 1.82) is 0 Å². The second-order valence-corrected chi connectivity index (χ2v) is 5.92. The van der Waals surface area contributed by atoms with Crippen molar-refractivity contribution in [1.82, 2.24) is 0 Å². The standard InChI is InChI=1S/C11H20OTe/c1-3-5-9-13-10-7-6-8-11(12)4-2/h7,10H,3-6,8-9H2,1-2H3/b10-7-. The van der Waals surface area contributed by atoms with E-state index in [2.05, 4.69) is 17.1 Å². The molecule has 13 heavy (non-hydrogen) atoms. The fourth-order valence-corrected chi connectivity index (χ4v) is 3.32. The van der Waals surface area contributed by atoms with Crippen LogP contribution in [0.25, 0.3) is 0 Å². The molecule has 0 saturated heterocycles. The molecule has 0 fully saturated rings. The van der Waals surface area contributed by atoms with Gasteiger partial charge in [0.1, 0.15) is 0 Å². The summed E-state index contributed by atoms with van der Waals surface area (Å²) in [6.45, 7) is 4.16. The van der Waals surface area contributed by atoms with Gasteiger partial charge in [-0.1, -0.05) is 0 Å². The van der Waals surface area contributed by atoms with Crippen molar-refractivity contribution in [3.8, 4) is 0 Å². The van der Waals surface area contributed by atoms with Crippen LogP contribution in [-0.2, 0) is 4.79 Å². The average molecular weight is 296 g/mol. The molecule has 0 aliphatic rings. The number of allylic oxidation sites excluding steroid dienone is 1. The average Bonchev–Trinajstić information content (AvgIpc) is 2.16. The van der Waals surface area contributed by atoms with E-state index in [1.54, 1.807) is 0 Å². The number of Topliss-reactive ketones (excluding diaryl/α,β-unsaturated/α-hetero) is 1. The Morgan fingerprint density at radius 3 is 2.77 bits per heavy atom. The quantitative estimate of drug-likeness (QED) is 0.496. The van der Waals surface area contributed by atoms with Gasteiger partial charge < -0.3 is 0 Å². The molecule has 76 valence electrons. The summed E-state index contributed by atoms with van der Waals surface area (Å²) in [6.07, 6.45) is 7.29. The zero-order valence-corrected chi connectivity index (χ0v) is 11.0. The summed E-state index contributed by atoms with van der Waals surface area (Å²) in [5.74, 6) is 0.388. The zero-order chi connectivity index (χ0) is 9.94. The normalized spacial score (nSPS) is 10.9. The Hall–Kier alpha value is 0.200. The van der Waals surface area contributed by atoms with Crippen LogP contribution in [-0.4, -0.2) is 26.7 Å². The van der Waals surface area contributed by atoms with Crippen LogP contribution >= 0.6 is 0 Å². The van der Waals surface area contributed by atoms with Gasteiger partial charge in [0.05, 0.1) is 0 Å². The van der Waals surface area contributed by atoms with E-state index in [-0.39, 0.29) is 20.9 Å². The van der Waals surface area contributed by atoms with Crippen LogP contribution in [0.3, 0.4) is 0 Å². The van der Waals surface area contributed by atoms with Crippen molar-refractivity contribution in [2.45, 2.75) is 50.4 Å². The van der Waals surface area contributed by atoms with Gasteiger partial charge in [-0.05, 0) is 0 Å². The maximum atomic E-state index is 10.9. The van der Waals surface area contributed by atoms with Gasteiger partial charge in [0.25, 0.3) is 0 Å². The molecule has 0 aromatic heterocycles. The predicted molar refractivity (Wildman–Crippen MR) is 59.1 cm³/mol. The molecular weight excluding hydrogens is 276 g/mol. The molecule has 0 atom stereocenters. The van der Waals surface area contributed by atoms with E-state index in [0.29, 0.717) is 12.2 Å². The van der Waals surface area contributed by atoms with Gasteiger partial charge in [-0.25, -0.2) is 0 Å². The minimum absolute atomic E-state index is 0.129. The summed E-state index contributed by atoms with van der Waals surface area (Å²) in [7, 11) is 0. The number of carbonyl (C=O) groups excluding carboxylic acids is 1.